The molecule has 0 spiro atoms. The van der Waals surface area contributed by atoms with Crippen LogP contribution in [0.25, 0.3) is 15.9 Å². The van der Waals surface area contributed by atoms with E-state index >= 15 is 0 Å². The van der Waals surface area contributed by atoms with Gasteiger partial charge in [-0.05, 0) is 12.1 Å². The molecular formula is C9H9N4+. The molecule has 4 nitrogen and oxygen atoms in total. The van der Waals surface area contributed by atoms with Crippen LogP contribution in [0, 0.1) is 6.57 Å². The number of aromatic nitrogens is 3. The number of hydrogen-bond acceptors (Lipinski definition) is 2. The first-order valence-corrected chi connectivity index (χ1v) is 4.07. The molecule has 0 amide bonds. The van der Waals surface area contributed by atoms with E-state index < -0.39 is 0 Å². The Morgan fingerprint density at radius 2 is 2.23 bits per heavy atom. The molecule has 2 rings (SSSR count). The second kappa shape index (κ2) is 3.23. The highest BCUT2D eigenvalue weighted by atomic mass is 15.4. The summed E-state index contributed by atoms with van der Waals surface area (Å²) in [5.41, 5.74) is 1.92. The highest BCUT2D eigenvalue weighted by Crippen LogP contribution is 2.08. The molecule has 0 aliphatic carbocycles. The van der Waals surface area contributed by atoms with Gasteiger partial charge in [-0.1, -0.05) is 22.2 Å². The third kappa shape index (κ3) is 1.36. The lowest BCUT2D eigenvalue weighted by molar-refractivity contribution is 0.637. The summed E-state index contributed by atoms with van der Waals surface area (Å²) in [5, 5.41) is 7.99. The Morgan fingerprint density at radius 3 is 3.08 bits per heavy atom. The fraction of sp³-hybridized carbons (Fsp3) is 0.222. The number of hydrogen-bond donors (Lipinski definition) is 0. The Kier molecular flexibility index (Phi) is 1.93. The smallest absolute Gasteiger partial charge is 0.237 e. The Morgan fingerprint density at radius 1 is 1.38 bits per heavy atom. The minimum Gasteiger partial charge on any atom is -0.237 e. The molecule has 0 N–H and O–H groups in total. The summed E-state index contributed by atoms with van der Waals surface area (Å²) in [6.07, 6.45) is 0. The van der Waals surface area contributed by atoms with E-state index in [9.17, 15) is 0 Å². The van der Waals surface area contributed by atoms with Crippen LogP contribution in [-0.4, -0.2) is 21.5 Å². The topological polar surface area (TPSA) is 35.1 Å². The molecule has 1 aromatic carbocycles. The molecule has 2 aromatic rings. The highest BCUT2D eigenvalue weighted by Gasteiger charge is 2.03. The van der Waals surface area contributed by atoms with Crippen molar-refractivity contribution in [3.8, 4) is 6.57 Å². The first kappa shape index (κ1) is 7.74. The molecule has 64 valence electrons. The van der Waals surface area contributed by atoms with Crippen molar-refractivity contribution in [1.82, 2.24) is 15.0 Å². The van der Waals surface area contributed by atoms with Gasteiger partial charge in [0.25, 0.3) is 13.1 Å². The summed E-state index contributed by atoms with van der Waals surface area (Å²) < 4.78 is 1.80. The molecule has 0 saturated carbocycles. The van der Waals surface area contributed by atoms with E-state index in [0.717, 1.165) is 11.0 Å². The predicted molar refractivity (Wildman–Crippen MR) is 50.7 cm³/mol. The number of rotatable bonds is 2. The molecule has 4 heteroatoms. The predicted octanol–water partition coefficient (Wildman–Crippen LogP) is 1.39. The van der Waals surface area contributed by atoms with Crippen LogP contribution in [0.2, 0.25) is 0 Å². The summed E-state index contributed by atoms with van der Waals surface area (Å²) in [4.78, 5) is 3.53. The van der Waals surface area contributed by atoms with Gasteiger partial charge in [0.2, 0.25) is 0 Å². The molecule has 0 atom stereocenters. The summed E-state index contributed by atoms with van der Waals surface area (Å²) in [6, 6.07) is 7.81. The molecule has 0 saturated heterocycles. The van der Waals surface area contributed by atoms with Crippen LogP contribution in [-0.2, 0) is 6.54 Å². The van der Waals surface area contributed by atoms with Gasteiger partial charge in [0, 0.05) is 0 Å². The van der Waals surface area contributed by atoms with Gasteiger partial charge in [-0.2, -0.15) is 0 Å². The van der Waals surface area contributed by atoms with Gasteiger partial charge in [0.1, 0.15) is 12.1 Å². The second-order valence-corrected chi connectivity index (χ2v) is 2.71. The molecule has 0 bridgehead atoms. The van der Waals surface area contributed by atoms with Gasteiger partial charge >= 0.3 is 0 Å². The van der Waals surface area contributed by atoms with E-state index in [-0.39, 0.29) is 0 Å². The van der Waals surface area contributed by atoms with Crippen LogP contribution in [0.15, 0.2) is 24.3 Å². The maximum Gasteiger partial charge on any atom is 0.282 e. The average Bonchev–Trinajstić information content (AvgIpc) is 2.58. The zero-order chi connectivity index (χ0) is 9.10. The lowest BCUT2D eigenvalue weighted by Gasteiger charge is -1.93. The van der Waals surface area contributed by atoms with Crippen LogP contribution in [0.4, 0.5) is 0 Å². The van der Waals surface area contributed by atoms with Crippen LogP contribution in [0.5, 0.6) is 0 Å². The largest absolute Gasteiger partial charge is 0.282 e. The Bertz CT molecular complexity index is 452. The molecule has 13 heavy (non-hydrogen) atoms. The molecule has 0 fully saturated rings. The Hall–Kier alpha value is -1.89. The standard InChI is InChI=1S/C9H9N4/c1-10-6-7-13-9-5-3-2-4-8(9)11-12-13/h1-5H,6-7H2/q+1. The lowest BCUT2D eigenvalue weighted by Crippen LogP contribution is -2.01. The van der Waals surface area contributed by atoms with Gasteiger partial charge in [0.15, 0.2) is 0 Å². The maximum atomic E-state index is 5.05. The van der Waals surface area contributed by atoms with Crippen molar-refractivity contribution in [3.05, 3.63) is 29.1 Å². The third-order valence-electron chi connectivity index (χ3n) is 1.86. The van der Waals surface area contributed by atoms with Crippen molar-refractivity contribution in [1.29, 1.82) is 0 Å². The Labute approximate surface area is 75.6 Å². The van der Waals surface area contributed by atoms with Gasteiger partial charge in [-0.15, -0.1) is 5.10 Å². The summed E-state index contributed by atoms with van der Waals surface area (Å²) in [6.45, 7) is 6.29. The molecular weight excluding hydrogens is 164 g/mol. The molecule has 0 unspecified atom stereocenters. The SMILES string of the molecule is C#[N+]CCn1nnc2ccccc21. The van der Waals surface area contributed by atoms with Crippen molar-refractivity contribution < 1.29 is 0 Å². The fourth-order valence-electron chi connectivity index (χ4n) is 1.23. The van der Waals surface area contributed by atoms with E-state index in [2.05, 4.69) is 15.2 Å². The normalized spacial score (nSPS) is 10.1. The summed E-state index contributed by atoms with van der Waals surface area (Å²) >= 11 is 0. The van der Waals surface area contributed by atoms with E-state index in [0.29, 0.717) is 13.1 Å². The lowest BCUT2D eigenvalue weighted by atomic mass is 10.3. The zero-order valence-electron chi connectivity index (χ0n) is 7.09. The van der Waals surface area contributed by atoms with Crippen molar-refractivity contribution in [2.45, 2.75) is 6.54 Å². The number of para-hydroxylation sites is 1. The number of nitrogens with zero attached hydrogens (tertiary/aromatic N) is 4. The Balaban J connectivity index is 2.41. The monoisotopic (exact) mass is 173 g/mol. The van der Waals surface area contributed by atoms with Crippen LogP contribution in [0.3, 0.4) is 0 Å². The maximum absolute atomic E-state index is 5.05. The van der Waals surface area contributed by atoms with Gasteiger partial charge in [-0.3, -0.25) is 0 Å². The molecule has 0 aliphatic heterocycles. The van der Waals surface area contributed by atoms with Crippen molar-refractivity contribution in [2.75, 3.05) is 6.54 Å². The van der Waals surface area contributed by atoms with Gasteiger partial charge in [0.05, 0.1) is 5.52 Å². The van der Waals surface area contributed by atoms with Crippen LogP contribution < -0.4 is 0 Å². The summed E-state index contributed by atoms with van der Waals surface area (Å²) in [7, 11) is 0. The van der Waals surface area contributed by atoms with E-state index in [4.69, 9.17) is 6.57 Å². The minimum atomic E-state index is 0.563. The fourth-order valence-corrected chi connectivity index (χ4v) is 1.23. The molecule has 1 aromatic heterocycles. The zero-order valence-corrected chi connectivity index (χ0v) is 7.09. The highest BCUT2D eigenvalue weighted by molar-refractivity contribution is 5.73. The third-order valence-corrected chi connectivity index (χ3v) is 1.86. The average molecular weight is 173 g/mol. The van der Waals surface area contributed by atoms with Crippen LogP contribution in [0.1, 0.15) is 0 Å². The molecule has 0 aliphatic rings. The second-order valence-electron chi connectivity index (χ2n) is 2.71. The van der Waals surface area contributed by atoms with Crippen molar-refractivity contribution >= 4 is 11.0 Å². The van der Waals surface area contributed by atoms with E-state index in [1.807, 2.05) is 24.3 Å². The first-order chi connectivity index (χ1) is 6.42. The van der Waals surface area contributed by atoms with Crippen molar-refractivity contribution in [2.24, 2.45) is 0 Å². The van der Waals surface area contributed by atoms with Gasteiger partial charge in [-0.25, -0.2) is 4.68 Å². The van der Waals surface area contributed by atoms with E-state index in [1.165, 1.54) is 0 Å². The molecule has 0 radical (unpaired) electrons. The quantitative estimate of drug-likeness (QED) is 0.688. The first-order valence-electron chi connectivity index (χ1n) is 4.07. The van der Waals surface area contributed by atoms with Gasteiger partial charge < -0.3 is 0 Å². The number of benzene rings is 1. The summed E-state index contributed by atoms with van der Waals surface area (Å²) in [5.74, 6) is 0. The minimum absolute atomic E-state index is 0.563. The van der Waals surface area contributed by atoms with E-state index in [1.54, 1.807) is 4.68 Å². The van der Waals surface area contributed by atoms with Crippen molar-refractivity contribution in [3.63, 3.8) is 0 Å². The molecule has 1 heterocycles. The van der Waals surface area contributed by atoms with Crippen LogP contribution >= 0.6 is 0 Å². The number of fused-ring (bicyclic) bond motifs is 1.